The number of likely N-dealkylation sites (N-methyl/N-ethyl adjacent to an activating group) is 1. The minimum atomic E-state index is 0.452. The topological polar surface area (TPSA) is 6.48 Å². The molecule has 2 atom stereocenters. The average molecular weight is 313 g/mol. The third kappa shape index (κ3) is 2.45. The van der Waals surface area contributed by atoms with Crippen molar-refractivity contribution in [2.24, 2.45) is 0 Å². The summed E-state index contributed by atoms with van der Waals surface area (Å²) in [5, 5.41) is 0.810. The number of benzene rings is 2. The molecule has 0 amide bonds. The lowest BCUT2D eigenvalue weighted by Gasteiger charge is -2.46. The van der Waals surface area contributed by atoms with Gasteiger partial charge < -0.3 is 4.90 Å². The van der Waals surface area contributed by atoms with Crippen molar-refractivity contribution in [2.75, 3.05) is 33.2 Å². The van der Waals surface area contributed by atoms with Crippen molar-refractivity contribution >= 4 is 11.6 Å². The first kappa shape index (κ1) is 14.3. The molecule has 0 saturated carbocycles. The Kier molecular flexibility index (Phi) is 3.69. The molecular weight excluding hydrogens is 292 g/mol. The van der Waals surface area contributed by atoms with E-state index in [2.05, 4.69) is 53.2 Å². The number of fused-ring (bicyclic) bond motifs is 3. The van der Waals surface area contributed by atoms with Crippen LogP contribution in [0.5, 0.6) is 0 Å². The summed E-state index contributed by atoms with van der Waals surface area (Å²) in [6.07, 6.45) is 0. The molecule has 0 aromatic heterocycles. The van der Waals surface area contributed by atoms with Gasteiger partial charge in [-0.25, -0.2) is 0 Å². The Morgan fingerprint density at radius 2 is 1.64 bits per heavy atom. The molecule has 3 heteroatoms. The Morgan fingerprint density at radius 1 is 0.909 bits per heavy atom. The molecular formula is C19H21ClN2. The van der Waals surface area contributed by atoms with Crippen molar-refractivity contribution in [3.63, 3.8) is 0 Å². The van der Waals surface area contributed by atoms with E-state index in [0.29, 0.717) is 12.0 Å². The molecule has 2 aliphatic rings. The quantitative estimate of drug-likeness (QED) is 0.791. The molecule has 2 aromatic rings. The van der Waals surface area contributed by atoms with Gasteiger partial charge in [-0.1, -0.05) is 48.0 Å². The smallest absolute Gasteiger partial charge is 0.0478 e. The van der Waals surface area contributed by atoms with E-state index < -0.39 is 0 Å². The fraction of sp³-hybridized carbons (Fsp3) is 0.368. The first-order valence-corrected chi connectivity index (χ1v) is 8.37. The summed E-state index contributed by atoms with van der Waals surface area (Å²) in [6.45, 7) is 4.55. The lowest BCUT2D eigenvalue weighted by molar-refractivity contribution is 0.0772. The van der Waals surface area contributed by atoms with Crippen LogP contribution in [0.4, 0.5) is 0 Å². The van der Waals surface area contributed by atoms with Gasteiger partial charge in [0.05, 0.1) is 0 Å². The van der Waals surface area contributed by atoms with Gasteiger partial charge in [-0.15, -0.1) is 0 Å². The predicted molar refractivity (Wildman–Crippen MR) is 91.5 cm³/mol. The van der Waals surface area contributed by atoms with Gasteiger partial charge in [-0.05, 0) is 35.9 Å². The first-order valence-electron chi connectivity index (χ1n) is 7.99. The molecule has 1 fully saturated rings. The van der Waals surface area contributed by atoms with Crippen molar-refractivity contribution in [3.8, 4) is 0 Å². The molecule has 2 aliphatic heterocycles. The van der Waals surface area contributed by atoms with Crippen LogP contribution in [0.1, 0.15) is 28.7 Å². The van der Waals surface area contributed by atoms with Crippen LogP contribution in [0.3, 0.4) is 0 Å². The third-order valence-corrected chi connectivity index (χ3v) is 5.37. The van der Waals surface area contributed by atoms with Gasteiger partial charge in [0.15, 0.2) is 0 Å². The second-order valence-electron chi connectivity index (χ2n) is 6.51. The molecule has 0 unspecified atom stereocenters. The van der Waals surface area contributed by atoms with Gasteiger partial charge in [0.2, 0.25) is 0 Å². The predicted octanol–water partition coefficient (Wildman–Crippen LogP) is 3.77. The van der Waals surface area contributed by atoms with Crippen molar-refractivity contribution in [1.82, 2.24) is 9.80 Å². The van der Waals surface area contributed by atoms with Gasteiger partial charge in [0.1, 0.15) is 0 Å². The van der Waals surface area contributed by atoms with E-state index in [9.17, 15) is 0 Å². The highest BCUT2D eigenvalue weighted by atomic mass is 35.5. The second-order valence-corrected chi connectivity index (χ2v) is 6.94. The normalized spacial score (nSPS) is 25.5. The van der Waals surface area contributed by atoms with Gasteiger partial charge in [0.25, 0.3) is 0 Å². The highest BCUT2D eigenvalue weighted by Gasteiger charge is 2.36. The number of hydrogen-bond donors (Lipinski definition) is 0. The summed E-state index contributed by atoms with van der Waals surface area (Å²) >= 11 is 6.06. The van der Waals surface area contributed by atoms with E-state index in [-0.39, 0.29) is 0 Å². The first-order chi connectivity index (χ1) is 10.7. The fourth-order valence-corrected chi connectivity index (χ4v) is 4.04. The second kappa shape index (κ2) is 5.69. The summed E-state index contributed by atoms with van der Waals surface area (Å²) in [5.41, 5.74) is 4.36. The monoisotopic (exact) mass is 312 g/mol. The molecule has 0 spiro atoms. The summed E-state index contributed by atoms with van der Waals surface area (Å²) in [5.74, 6) is 0.452. The molecule has 0 radical (unpaired) electrons. The van der Waals surface area contributed by atoms with E-state index >= 15 is 0 Å². The van der Waals surface area contributed by atoms with E-state index in [4.69, 9.17) is 11.6 Å². The standard InChI is InChI=1S/C19H21ClN2/c1-21-10-11-22-12-18(14-6-8-15(20)9-7-14)16-4-2-3-5-17(16)19(22)13-21/h2-9,18-19H,10-13H2,1H3/t18-,19-/m1/s1. The van der Waals surface area contributed by atoms with Crippen LogP contribution < -0.4 is 0 Å². The third-order valence-electron chi connectivity index (χ3n) is 5.11. The van der Waals surface area contributed by atoms with Crippen LogP contribution in [0.2, 0.25) is 5.02 Å². The Labute approximate surface area is 137 Å². The zero-order valence-electron chi connectivity index (χ0n) is 12.9. The lowest BCUT2D eigenvalue weighted by atomic mass is 9.80. The maximum Gasteiger partial charge on any atom is 0.0478 e. The zero-order chi connectivity index (χ0) is 15.1. The Balaban J connectivity index is 1.77. The largest absolute Gasteiger partial charge is 0.303 e. The number of halogens is 1. The highest BCUT2D eigenvalue weighted by molar-refractivity contribution is 6.30. The van der Waals surface area contributed by atoms with Crippen LogP contribution in [-0.4, -0.2) is 43.0 Å². The molecule has 2 nitrogen and oxygen atoms in total. The van der Waals surface area contributed by atoms with Crippen LogP contribution in [0, 0.1) is 0 Å². The van der Waals surface area contributed by atoms with Crippen LogP contribution in [0.15, 0.2) is 48.5 Å². The maximum absolute atomic E-state index is 6.06. The Bertz CT molecular complexity index is 667. The Morgan fingerprint density at radius 3 is 2.41 bits per heavy atom. The summed E-state index contributed by atoms with van der Waals surface area (Å²) < 4.78 is 0. The van der Waals surface area contributed by atoms with E-state index in [1.807, 2.05) is 12.1 Å². The molecule has 4 rings (SSSR count). The SMILES string of the molecule is CN1CCN2C[C@H](c3ccc(Cl)cc3)c3ccccc3[C@H]2C1. The highest BCUT2D eigenvalue weighted by Crippen LogP contribution is 2.40. The molecule has 0 bridgehead atoms. The maximum atomic E-state index is 6.06. The van der Waals surface area contributed by atoms with E-state index in [1.165, 1.54) is 16.7 Å². The zero-order valence-corrected chi connectivity index (χ0v) is 13.6. The number of piperazine rings is 1. The van der Waals surface area contributed by atoms with Crippen LogP contribution >= 0.6 is 11.6 Å². The van der Waals surface area contributed by atoms with Gasteiger partial charge >= 0.3 is 0 Å². The van der Waals surface area contributed by atoms with E-state index in [0.717, 1.165) is 31.2 Å². The van der Waals surface area contributed by atoms with Gasteiger partial charge in [-0.3, -0.25) is 4.90 Å². The van der Waals surface area contributed by atoms with Gasteiger partial charge in [0, 0.05) is 43.2 Å². The van der Waals surface area contributed by atoms with Crippen molar-refractivity contribution in [3.05, 3.63) is 70.2 Å². The number of nitrogens with zero attached hydrogens (tertiary/aromatic N) is 2. The molecule has 2 aromatic carbocycles. The molecule has 2 heterocycles. The molecule has 0 N–H and O–H groups in total. The average Bonchev–Trinajstić information content (AvgIpc) is 2.55. The molecule has 22 heavy (non-hydrogen) atoms. The summed E-state index contributed by atoms with van der Waals surface area (Å²) in [4.78, 5) is 5.10. The van der Waals surface area contributed by atoms with Crippen molar-refractivity contribution in [1.29, 1.82) is 0 Å². The van der Waals surface area contributed by atoms with Crippen LogP contribution in [0.25, 0.3) is 0 Å². The lowest BCUT2D eigenvalue weighted by Crippen LogP contribution is -2.50. The van der Waals surface area contributed by atoms with E-state index in [1.54, 1.807) is 0 Å². The minimum absolute atomic E-state index is 0.452. The molecule has 114 valence electrons. The molecule has 0 aliphatic carbocycles. The fourth-order valence-electron chi connectivity index (χ4n) is 3.92. The van der Waals surface area contributed by atoms with Crippen molar-refractivity contribution < 1.29 is 0 Å². The number of rotatable bonds is 1. The Hall–Kier alpha value is -1.35. The van der Waals surface area contributed by atoms with Crippen LogP contribution in [-0.2, 0) is 0 Å². The van der Waals surface area contributed by atoms with Gasteiger partial charge in [-0.2, -0.15) is 0 Å². The van der Waals surface area contributed by atoms with Crippen molar-refractivity contribution in [2.45, 2.75) is 12.0 Å². The molecule has 1 saturated heterocycles. The number of hydrogen-bond acceptors (Lipinski definition) is 2. The minimum Gasteiger partial charge on any atom is -0.303 e. The summed E-state index contributed by atoms with van der Waals surface area (Å²) in [7, 11) is 2.23. The summed E-state index contributed by atoms with van der Waals surface area (Å²) in [6, 6.07) is 17.9.